The molecule has 0 saturated carbocycles. The Morgan fingerprint density at radius 1 is 1.27 bits per heavy atom. The molecule has 0 aliphatic carbocycles. The summed E-state index contributed by atoms with van der Waals surface area (Å²) in [5.74, 6) is 0. The molecule has 0 radical (unpaired) electrons. The molecular weight excluding hydrogens is 138 g/mol. The molecule has 1 aromatic carbocycles. The van der Waals surface area contributed by atoms with E-state index >= 15 is 0 Å². The Bertz CT molecular complexity index is 279. The molecule has 2 heteroatoms. The molecule has 2 rings (SSSR count). The molecule has 1 aliphatic heterocycles. The predicted molar refractivity (Wildman–Crippen MR) is 43.9 cm³/mol. The minimum absolute atomic E-state index is 0.0809. The van der Waals surface area contributed by atoms with Gasteiger partial charge in [0.1, 0.15) is 6.04 Å². The predicted octanol–water partition coefficient (Wildman–Crippen LogP) is 0.850. The Labute approximate surface area is 65.2 Å². The lowest BCUT2D eigenvalue weighted by Crippen LogP contribution is -2.03. The van der Waals surface area contributed by atoms with E-state index in [1.54, 1.807) is 0 Å². The molecule has 1 atom stereocenters. The van der Waals surface area contributed by atoms with E-state index in [-0.39, 0.29) is 12.6 Å². The van der Waals surface area contributed by atoms with E-state index in [9.17, 15) is 0 Å². The second kappa shape index (κ2) is 2.47. The van der Waals surface area contributed by atoms with Crippen LogP contribution in [-0.2, 0) is 0 Å². The monoisotopic (exact) mass is 147 g/mol. The lowest BCUT2D eigenvalue weighted by Gasteiger charge is -1.91. The molecule has 1 unspecified atom stereocenters. The fourth-order valence-corrected chi connectivity index (χ4v) is 1.13. The van der Waals surface area contributed by atoms with Crippen molar-refractivity contribution in [3.8, 4) is 0 Å². The maximum absolute atomic E-state index is 8.72. The molecule has 1 aromatic rings. The van der Waals surface area contributed by atoms with Crippen molar-refractivity contribution >= 4 is 5.71 Å². The molecule has 2 nitrogen and oxygen atoms in total. The zero-order valence-electron chi connectivity index (χ0n) is 6.07. The number of benzene rings is 1. The van der Waals surface area contributed by atoms with Gasteiger partial charge in [0.15, 0.2) is 0 Å². The molecule has 0 bridgehead atoms. The van der Waals surface area contributed by atoms with Crippen LogP contribution < -0.4 is 0 Å². The van der Waals surface area contributed by atoms with E-state index < -0.39 is 0 Å². The molecule has 1 heterocycles. The van der Waals surface area contributed by atoms with Gasteiger partial charge in [-0.05, 0) is 5.56 Å². The second-order valence-corrected chi connectivity index (χ2v) is 2.58. The highest BCUT2D eigenvalue weighted by Crippen LogP contribution is 2.18. The van der Waals surface area contributed by atoms with Crippen LogP contribution in [0.5, 0.6) is 0 Å². The number of aliphatic hydroxyl groups is 1. The molecule has 0 amide bonds. The van der Waals surface area contributed by atoms with E-state index in [1.807, 2.05) is 30.3 Å². The van der Waals surface area contributed by atoms with Crippen molar-refractivity contribution in [2.75, 3.05) is 6.61 Å². The summed E-state index contributed by atoms with van der Waals surface area (Å²) in [6.07, 6.45) is 0. The lowest BCUT2D eigenvalue weighted by atomic mass is 10.1. The number of hydrogen-bond acceptors (Lipinski definition) is 2. The Balaban J connectivity index is 2.15. The van der Waals surface area contributed by atoms with Crippen LogP contribution in [0.15, 0.2) is 35.3 Å². The van der Waals surface area contributed by atoms with Crippen LogP contribution in [0.4, 0.5) is 0 Å². The summed E-state index contributed by atoms with van der Waals surface area (Å²) in [7, 11) is 0. The number of hydrogen-bond donors (Lipinski definition) is 1. The maximum atomic E-state index is 8.72. The molecule has 0 saturated heterocycles. The average molecular weight is 147 g/mol. The largest absolute Gasteiger partial charge is 0.394 e. The van der Waals surface area contributed by atoms with Crippen molar-refractivity contribution in [1.29, 1.82) is 0 Å². The van der Waals surface area contributed by atoms with Crippen molar-refractivity contribution in [3.63, 3.8) is 0 Å². The van der Waals surface area contributed by atoms with Gasteiger partial charge in [-0.2, -0.15) is 0 Å². The van der Waals surface area contributed by atoms with E-state index in [4.69, 9.17) is 5.11 Å². The Kier molecular flexibility index (Phi) is 1.47. The summed E-state index contributed by atoms with van der Waals surface area (Å²) in [5.41, 5.74) is 2.17. The van der Waals surface area contributed by atoms with Crippen molar-refractivity contribution in [1.82, 2.24) is 0 Å². The average Bonchev–Trinajstić information content (AvgIpc) is 2.85. The third-order valence-corrected chi connectivity index (χ3v) is 1.79. The summed E-state index contributed by atoms with van der Waals surface area (Å²) >= 11 is 0. The SMILES string of the molecule is OCC1N=C1c1ccccc1. The molecule has 11 heavy (non-hydrogen) atoms. The van der Waals surface area contributed by atoms with Crippen LogP contribution in [0, 0.1) is 0 Å². The van der Waals surface area contributed by atoms with Crippen LogP contribution >= 0.6 is 0 Å². The summed E-state index contributed by atoms with van der Waals surface area (Å²) in [4.78, 5) is 4.11. The van der Waals surface area contributed by atoms with Gasteiger partial charge >= 0.3 is 0 Å². The van der Waals surface area contributed by atoms with Gasteiger partial charge < -0.3 is 5.11 Å². The number of aliphatic imine (C=N–C) groups is 1. The Morgan fingerprint density at radius 2 is 2.00 bits per heavy atom. The fraction of sp³-hybridized carbons (Fsp3) is 0.222. The van der Waals surface area contributed by atoms with Gasteiger partial charge in [-0.25, -0.2) is 0 Å². The normalized spacial score (nSPS) is 21.2. The third kappa shape index (κ3) is 1.17. The summed E-state index contributed by atoms with van der Waals surface area (Å²) in [6, 6.07) is 10.0. The van der Waals surface area contributed by atoms with E-state index in [2.05, 4.69) is 4.99 Å². The van der Waals surface area contributed by atoms with E-state index in [0.717, 1.165) is 11.3 Å². The van der Waals surface area contributed by atoms with Crippen molar-refractivity contribution in [3.05, 3.63) is 35.9 Å². The van der Waals surface area contributed by atoms with Gasteiger partial charge in [-0.15, -0.1) is 0 Å². The highest BCUT2D eigenvalue weighted by atomic mass is 16.3. The van der Waals surface area contributed by atoms with Gasteiger partial charge in [-0.3, -0.25) is 4.99 Å². The molecule has 1 aliphatic rings. The molecule has 1 N–H and O–H groups in total. The zero-order valence-corrected chi connectivity index (χ0v) is 6.07. The first kappa shape index (κ1) is 6.55. The van der Waals surface area contributed by atoms with E-state index in [0.29, 0.717) is 0 Å². The summed E-state index contributed by atoms with van der Waals surface area (Å²) in [5, 5.41) is 8.72. The van der Waals surface area contributed by atoms with Gasteiger partial charge in [0.05, 0.1) is 12.3 Å². The molecule has 0 fully saturated rings. The fourth-order valence-electron chi connectivity index (χ4n) is 1.13. The first-order valence-electron chi connectivity index (χ1n) is 3.66. The van der Waals surface area contributed by atoms with Crippen LogP contribution in [0.3, 0.4) is 0 Å². The number of rotatable bonds is 2. The van der Waals surface area contributed by atoms with Crippen LogP contribution in [-0.4, -0.2) is 23.5 Å². The second-order valence-electron chi connectivity index (χ2n) is 2.58. The smallest absolute Gasteiger partial charge is 0.116 e. The molecular formula is C9H9NO. The van der Waals surface area contributed by atoms with Gasteiger partial charge in [0, 0.05) is 0 Å². The van der Waals surface area contributed by atoms with Gasteiger partial charge in [0.25, 0.3) is 0 Å². The number of nitrogens with zero attached hydrogens (tertiary/aromatic N) is 1. The quantitative estimate of drug-likeness (QED) is 0.660. The zero-order chi connectivity index (χ0) is 7.68. The minimum atomic E-state index is 0.0809. The minimum Gasteiger partial charge on any atom is -0.394 e. The third-order valence-electron chi connectivity index (χ3n) is 1.79. The van der Waals surface area contributed by atoms with Crippen molar-refractivity contribution in [2.45, 2.75) is 6.04 Å². The number of aliphatic hydroxyl groups excluding tert-OH is 1. The first-order chi connectivity index (χ1) is 5.42. The van der Waals surface area contributed by atoms with Crippen LogP contribution in [0.2, 0.25) is 0 Å². The van der Waals surface area contributed by atoms with Crippen molar-refractivity contribution in [2.24, 2.45) is 4.99 Å². The topological polar surface area (TPSA) is 32.6 Å². The Morgan fingerprint density at radius 3 is 2.55 bits per heavy atom. The summed E-state index contributed by atoms with van der Waals surface area (Å²) in [6.45, 7) is 0.143. The van der Waals surface area contributed by atoms with Gasteiger partial charge in [-0.1, -0.05) is 30.3 Å². The highest BCUT2D eigenvalue weighted by Gasteiger charge is 2.27. The van der Waals surface area contributed by atoms with Crippen molar-refractivity contribution < 1.29 is 5.11 Å². The van der Waals surface area contributed by atoms with E-state index in [1.165, 1.54) is 0 Å². The van der Waals surface area contributed by atoms with Crippen LogP contribution in [0.25, 0.3) is 0 Å². The summed E-state index contributed by atoms with van der Waals surface area (Å²) < 4.78 is 0. The molecule has 56 valence electrons. The lowest BCUT2D eigenvalue weighted by molar-refractivity contribution is 0.301. The Hall–Kier alpha value is -1.15. The maximum Gasteiger partial charge on any atom is 0.116 e. The molecule has 0 spiro atoms. The van der Waals surface area contributed by atoms with Gasteiger partial charge in [0.2, 0.25) is 0 Å². The first-order valence-corrected chi connectivity index (χ1v) is 3.66. The highest BCUT2D eigenvalue weighted by molar-refractivity contribution is 6.13. The van der Waals surface area contributed by atoms with Crippen LogP contribution in [0.1, 0.15) is 5.56 Å². The molecule has 0 aromatic heterocycles. The standard InChI is InChI=1S/C9H9NO/c11-6-8-9(10-8)7-4-2-1-3-5-7/h1-5,8,11H,6H2.